The number of benzene rings is 1. The van der Waals surface area contributed by atoms with Crippen molar-refractivity contribution in [1.82, 2.24) is 4.90 Å². The maximum absolute atomic E-state index is 13.1. The Hall–Kier alpha value is -2.17. The van der Waals surface area contributed by atoms with Crippen LogP contribution < -0.4 is 4.90 Å². The standard InChI is InChI=1S/C20H26N2O3/c1-5-20(3,4)22(18(24)14-8-9-14)16-12-17(23)21(19(16)25)15-10-6-13(2)7-11-15/h6-7,10-11,14,16H,5,8-9,12H2,1-4H3. The van der Waals surface area contributed by atoms with Crippen molar-refractivity contribution in [3.05, 3.63) is 29.8 Å². The number of nitrogens with zero attached hydrogens (tertiary/aromatic N) is 2. The quantitative estimate of drug-likeness (QED) is 0.773. The van der Waals surface area contributed by atoms with E-state index in [-0.39, 0.29) is 30.1 Å². The fourth-order valence-corrected chi connectivity index (χ4v) is 3.35. The van der Waals surface area contributed by atoms with E-state index in [0.717, 1.165) is 24.8 Å². The Kier molecular flexibility index (Phi) is 4.43. The summed E-state index contributed by atoms with van der Waals surface area (Å²) in [5.41, 5.74) is 1.19. The Balaban J connectivity index is 1.92. The van der Waals surface area contributed by atoms with E-state index < -0.39 is 11.6 Å². The molecule has 1 saturated heterocycles. The first kappa shape index (κ1) is 17.6. The van der Waals surface area contributed by atoms with Crippen molar-refractivity contribution >= 4 is 23.4 Å². The van der Waals surface area contributed by atoms with E-state index in [4.69, 9.17) is 0 Å². The number of hydrogen-bond donors (Lipinski definition) is 0. The van der Waals surface area contributed by atoms with E-state index in [0.29, 0.717) is 5.69 Å². The van der Waals surface area contributed by atoms with Crippen molar-refractivity contribution in [3.63, 3.8) is 0 Å². The van der Waals surface area contributed by atoms with Crippen LogP contribution in [0.1, 0.15) is 52.0 Å². The summed E-state index contributed by atoms with van der Waals surface area (Å²) in [5, 5.41) is 0. The molecule has 1 unspecified atom stereocenters. The molecule has 0 radical (unpaired) electrons. The van der Waals surface area contributed by atoms with Gasteiger partial charge in [-0.2, -0.15) is 0 Å². The molecule has 5 heteroatoms. The summed E-state index contributed by atoms with van der Waals surface area (Å²) in [7, 11) is 0. The third-order valence-electron chi connectivity index (χ3n) is 5.41. The van der Waals surface area contributed by atoms with Gasteiger partial charge in [0.25, 0.3) is 5.91 Å². The first-order valence-corrected chi connectivity index (χ1v) is 9.03. The summed E-state index contributed by atoms with van der Waals surface area (Å²) in [4.78, 5) is 41.5. The van der Waals surface area contributed by atoms with Gasteiger partial charge in [0, 0.05) is 11.5 Å². The van der Waals surface area contributed by atoms with Gasteiger partial charge >= 0.3 is 0 Å². The lowest BCUT2D eigenvalue weighted by Gasteiger charge is -2.41. The maximum atomic E-state index is 13.1. The zero-order valence-electron chi connectivity index (χ0n) is 15.4. The minimum absolute atomic E-state index is 0.0159. The lowest BCUT2D eigenvalue weighted by molar-refractivity contribution is -0.146. The zero-order chi connectivity index (χ0) is 18.4. The third kappa shape index (κ3) is 3.20. The second-order valence-electron chi connectivity index (χ2n) is 7.77. The molecule has 1 aromatic rings. The Morgan fingerprint density at radius 2 is 1.80 bits per heavy atom. The second-order valence-corrected chi connectivity index (χ2v) is 7.77. The van der Waals surface area contributed by atoms with Crippen molar-refractivity contribution in [3.8, 4) is 0 Å². The molecule has 0 spiro atoms. The second kappa shape index (κ2) is 6.28. The Morgan fingerprint density at radius 3 is 2.32 bits per heavy atom. The van der Waals surface area contributed by atoms with Crippen LogP contribution in [0.5, 0.6) is 0 Å². The highest BCUT2D eigenvalue weighted by Gasteiger charge is 2.50. The maximum Gasteiger partial charge on any atom is 0.257 e. The third-order valence-corrected chi connectivity index (χ3v) is 5.41. The highest BCUT2D eigenvalue weighted by Crippen LogP contribution is 2.38. The molecule has 2 fully saturated rings. The molecule has 1 heterocycles. The van der Waals surface area contributed by atoms with E-state index in [1.165, 1.54) is 4.90 Å². The summed E-state index contributed by atoms with van der Waals surface area (Å²) in [6.07, 6.45) is 2.56. The number of amides is 3. The van der Waals surface area contributed by atoms with E-state index in [2.05, 4.69) is 0 Å². The van der Waals surface area contributed by atoms with Crippen LogP contribution in [0.15, 0.2) is 24.3 Å². The Morgan fingerprint density at radius 1 is 1.20 bits per heavy atom. The number of imide groups is 1. The molecule has 1 atom stereocenters. The molecule has 2 aliphatic rings. The van der Waals surface area contributed by atoms with Crippen LogP contribution in [0.25, 0.3) is 0 Å². The van der Waals surface area contributed by atoms with E-state index in [1.807, 2.05) is 39.8 Å². The molecule has 0 aromatic heterocycles. The zero-order valence-corrected chi connectivity index (χ0v) is 15.4. The monoisotopic (exact) mass is 342 g/mol. The van der Waals surface area contributed by atoms with Gasteiger partial charge in [-0.1, -0.05) is 24.6 Å². The van der Waals surface area contributed by atoms with Gasteiger partial charge in [-0.25, -0.2) is 4.90 Å². The number of aryl methyl sites for hydroxylation is 1. The summed E-state index contributed by atoms with van der Waals surface area (Å²) in [5.74, 6) is -0.491. The van der Waals surface area contributed by atoms with Crippen molar-refractivity contribution in [2.75, 3.05) is 4.90 Å². The van der Waals surface area contributed by atoms with E-state index >= 15 is 0 Å². The lowest BCUT2D eigenvalue weighted by Crippen LogP contribution is -2.56. The van der Waals surface area contributed by atoms with Gasteiger partial charge in [0.05, 0.1) is 12.1 Å². The predicted molar refractivity (Wildman–Crippen MR) is 96.0 cm³/mol. The number of anilines is 1. The molecule has 134 valence electrons. The fourth-order valence-electron chi connectivity index (χ4n) is 3.35. The molecule has 3 rings (SSSR count). The molecule has 25 heavy (non-hydrogen) atoms. The average Bonchev–Trinajstić information content (AvgIpc) is 3.37. The normalized spacial score (nSPS) is 21.0. The fraction of sp³-hybridized carbons (Fsp3) is 0.550. The first-order chi connectivity index (χ1) is 11.8. The predicted octanol–water partition coefficient (Wildman–Crippen LogP) is 3.05. The van der Waals surface area contributed by atoms with Gasteiger partial charge in [0.2, 0.25) is 11.8 Å². The molecular weight excluding hydrogens is 316 g/mol. The number of hydrogen-bond acceptors (Lipinski definition) is 3. The highest BCUT2D eigenvalue weighted by molar-refractivity contribution is 6.23. The van der Waals surface area contributed by atoms with Crippen LogP contribution in [0.3, 0.4) is 0 Å². The van der Waals surface area contributed by atoms with Gasteiger partial charge in [-0.15, -0.1) is 0 Å². The summed E-state index contributed by atoms with van der Waals surface area (Å²) >= 11 is 0. The van der Waals surface area contributed by atoms with Crippen LogP contribution >= 0.6 is 0 Å². The van der Waals surface area contributed by atoms with Crippen LogP contribution in [0, 0.1) is 12.8 Å². The minimum Gasteiger partial charge on any atom is -0.325 e. The van der Waals surface area contributed by atoms with Gasteiger partial charge in [0.1, 0.15) is 6.04 Å². The van der Waals surface area contributed by atoms with E-state index in [1.54, 1.807) is 17.0 Å². The van der Waals surface area contributed by atoms with Gasteiger partial charge in [-0.3, -0.25) is 14.4 Å². The van der Waals surface area contributed by atoms with Crippen molar-refractivity contribution in [2.45, 2.75) is 65.0 Å². The number of rotatable bonds is 5. The SMILES string of the molecule is CCC(C)(C)N(C(=O)C1CC1)C1CC(=O)N(c2ccc(C)cc2)C1=O. The summed E-state index contributed by atoms with van der Waals surface area (Å²) in [6, 6.07) is 6.63. The summed E-state index contributed by atoms with van der Waals surface area (Å²) < 4.78 is 0. The summed E-state index contributed by atoms with van der Waals surface area (Å²) in [6.45, 7) is 7.91. The smallest absolute Gasteiger partial charge is 0.257 e. The number of carbonyl (C=O) groups is 3. The van der Waals surface area contributed by atoms with Crippen molar-refractivity contribution in [2.24, 2.45) is 5.92 Å². The number of carbonyl (C=O) groups excluding carboxylic acids is 3. The highest BCUT2D eigenvalue weighted by atomic mass is 16.2. The molecule has 1 aliphatic carbocycles. The largest absolute Gasteiger partial charge is 0.325 e. The van der Waals surface area contributed by atoms with Crippen molar-refractivity contribution in [1.29, 1.82) is 0 Å². The molecule has 0 bridgehead atoms. The van der Waals surface area contributed by atoms with Crippen molar-refractivity contribution < 1.29 is 14.4 Å². The van der Waals surface area contributed by atoms with Gasteiger partial charge in [-0.05, 0) is 52.2 Å². The molecule has 3 amide bonds. The van der Waals surface area contributed by atoms with Gasteiger partial charge < -0.3 is 4.90 Å². The molecule has 0 N–H and O–H groups in total. The Labute approximate surface area is 149 Å². The average molecular weight is 342 g/mol. The topological polar surface area (TPSA) is 57.7 Å². The minimum atomic E-state index is -0.697. The van der Waals surface area contributed by atoms with Crippen LogP contribution in [0.2, 0.25) is 0 Å². The molecule has 1 saturated carbocycles. The van der Waals surface area contributed by atoms with E-state index in [9.17, 15) is 14.4 Å². The first-order valence-electron chi connectivity index (χ1n) is 9.03. The van der Waals surface area contributed by atoms with Crippen LogP contribution in [0.4, 0.5) is 5.69 Å². The Bertz CT molecular complexity index is 704. The molecule has 1 aromatic carbocycles. The lowest BCUT2D eigenvalue weighted by atomic mass is 9.95. The molecule has 5 nitrogen and oxygen atoms in total. The molecular formula is C20H26N2O3. The van der Waals surface area contributed by atoms with Crippen LogP contribution in [-0.2, 0) is 14.4 Å². The van der Waals surface area contributed by atoms with Crippen LogP contribution in [-0.4, -0.2) is 34.2 Å². The molecule has 1 aliphatic heterocycles. The van der Waals surface area contributed by atoms with Gasteiger partial charge in [0.15, 0.2) is 0 Å².